The first-order valence-electron chi connectivity index (χ1n) is 8.47. The quantitative estimate of drug-likeness (QED) is 0.921. The highest BCUT2D eigenvalue weighted by atomic mass is 16.6. The van der Waals surface area contributed by atoms with Gasteiger partial charge in [0.2, 0.25) is 0 Å². The number of carbonyl (C=O) groups excluding carboxylic acids is 1. The second kappa shape index (κ2) is 7.08. The summed E-state index contributed by atoms with van der Waals surface area (Å²) < 4.78 is 7.07. The lowest BCUT2D eigenvalue weighted by atomic mass is 10.1. The first-order chi connectivity index (χ1) is 11.9. The van der Waals surface area contributed by atoms with E-state index in [1.807, 2.05) is 32.9 Å². The summed E-state index contributed by atoms with van der Waals surface area (Å²) in [7, 11) is 0. The standard InChI is InChI=1S/C17H24N6O2/c1-17(2,3)25-16(24)22-9-6-13(7-10-22)21-14-5-4-8-19-15(14)23-12-18-11-20-23/h4-5,8,11-13,21H,6-7,9-10H2,1-3H3. The fourth-order valence-electron chi connectivity index (χ4n) is 2.76. The molecule has 2 aromatic heterocycles. The molecule has 1 saturated heterocycles. The van der Waals surface area contributed by atoms with Crippen molar-refractivity contribution in [1.29, 1.82) is 0 Å². The van der Waals surface area contributed by atoms with E-state index in [2.05, 4.69) is 20.4 Å². The van der Waals surface area contributed by atoms with Gasteiger partial charge in [0.15, 0.2) is 5.82 Å². The fourth-order valence-corrected chi connectivity index (χ4v) is 2.76. The summed E-state index contributed by atoms with van der Waals surface area (Å²) in [5.41, 5.74) is 0.443. The number of rotatable bonds is 3. The Bertz CT molecular complexity index is 702. The highest BCUT2D eigenvalue weighted by Crippen LogP contribution is 2.22. The molecule has 3 heterocycles. The van der Waals surface area contributed by atoms with Crippen LogP contribution in [-0.4, -0.2) is 55.5 Å². The maximum Gasteiger partial charge on any atom is 0.410 e. The zero-order valence-corrected chi connectivity index (χ0v) is 14.8. The molecule has 1 N–H and O–H groups in total. The van der Waals surface area contributed by atoms with Gasteiger partial charge in [-0.3, -0.25) is 0 Å². The summed E-state index contributed by atoms with van der Waals surface area (Å²) in [5, 5.41) is 7.66. The lowest BCUT2D eigenvalue weighted by molar-refractivity contribution is 0.0210. The van der Waals surface area contributed by atoms with Crippen LogP contribution < -0.4 is 5.32 Å². The smallest absolute Gasteiger partial charge is 0.410 e. The van der Waals surface area contributed by atoms with E-state index in [1.54, 1.807) is 22.1 Å². The van der Waals surface area contributed by atoms with Crippen LogP contribution in [0.2, 0.25) is 0 Å². The van der Waals surface area contributed by atoms with E-state index in [1.165, 1.54) is 6.33 Å². The predicted molar refractivity (Wildman–Crippen MR) is 93.6 cm³/mol. The van der Waals surface area contributed by atoms with Crippen molar-refractivity contribution < 1.29 is 9.53 Å². The number of ether oxygens (including phenoxy) is 1. The normalized spacial score (nSPS) is 15.9. The Morgan fingerprint density at radius 3 is 2.72 bits per heavy atom. The van der Waals surface area contributed by atoms with Gasteiger partial charge >= 0.3 is 6.09 Å². The molecule has 25 heavy (non-hydrogen) atoms. The third-order valence-corrected chi connectivity index (χ3v) is 3.93. The number of likely N-dealkylation sites (tertiary alicyclic amines) is 1. The highest BCUT2D eigenvalue weighted by molar-refractivity contribution is 5.68. The van der Waals surface area contributed by atoms with E-state index < -0.39 is 5.60 Å². The summed E-state index contributed by atoms with van der Waals surface area (Å²) in [6, 6.07) is 4.13. The van der Waals surface area contributed by atoms with Gasteiger partial charge < -0.3 is 15.0 Å². The first kappa shape index (κ1) is 17.2. The van der Waals surface area contributed by atoms with E-state index in [-0.39, 0.29) is 12.1 Å². The number of nitrogens with one attached hydrogen (secondary N) is 1. The Morgan fingerprint density at radius 2 is 2.08 bits per heavy atom. The maximum absolute atomic E-state index is 12.1. The molecule has 0 radical (unpaired) electrons. The first-order valence-corrected chi connectivity index (χ1v) is 8.47. The molecule has 0 saturated carbocycles. The number of aromatic nitrogens is 4. The van der Waals surface area contributed by atoms with Gasteiger partial charge in [-0.25, -0.2) is 19.4 Å². The predicted octanol–water partition coefficient (Wildman–Crippen LogP) is 2.47. The zero-order chi connectivity index (χ0) is 17.9. The number of piperidine rings is 1. The van der Waals surface area contributed by atoms with Gasteiger partial charge in [0, 0.05) is 25.3 Å². The largest absolute Gasteiger partial charge is 0.444 e. The molecule has 1 amide bonds. The highest BCUT2D eigenvalue weighted by Gasteiger charge is 2.27. The fraction of sp³-hybridized carbons (Fsp3) is 0.529. The van der Waals surface area contributed by atoms with Crippen molar-refractivity contribution in [3.63, 3.8) is 0 Å². The number of nitrogens with zero attached hydrogens (tertiary/aromatic N) is 5. The summed E-state index contributed by atoms with van der Waals surface area (Å²) in [5.74, 6) is 0.717. The maximum atomic E-state index is 12.1. The van der Waals surface area contributed by atoms with Crippen LogP contribution in [0.5, 0.6) is 0 Å². The van der Waals surface area contributed by atoms with Crippen molar-refractivity contribution >= 4 is 11.8 Å². The Labute approximate surface area is 147 Å². The second-order valence-corrected chi connectivity index (χ2v) is 7.10. The minimum Gasteiger partial charge on any atom is -0.444 e. The van der Waals surface area contributed by atoms with E-state index in [9.17, 15) is 4.79 Å². The van der Waals surface area contributed by atoms with Gasteiger partial charge in [-0.2, -0.15) is 5.10 Å². The summed E-state index contributed by atoms with van der Waals surface area (Å²) in [4.78, 5) is 22.3. The van der Waals surface area contributed by atoms with Gasteiger partial charge in [0.05, 0.1) is 5.69 Å². The van der Waals surface area contributed by atoms with Crippen molar-refractivity contribution in [2.75, 3.05) is 18.4 Å². The van der Waals surface area contributed by atoms with Gasteiger partial charge in [-0.15, -0.1) is 0 Å². The summed E-state index contributed by atoms with van der Waals surface area (Å²) in [6.45, 7) is 6.99. The van der Waals surface area contributed by atoms with E-state index in [0.29, 0.717) is 13.1 Å². The van der Waals surface area contributed by atoms with Gasteiger partial charge in [0.1, 0.15) is 18.3 Å². The molecule has 2 aromatic rings. The van der Waals surface area contributed by atoms with Crippen molar-refractivity contribution in [2.24, 2.45) is 0 Å². The van der Waals surface area contributed by atoms with Crippen molar-refractivity contribution in [3.8, 4) is 5.82 Å². The van der Waals surface area contributed by atoms with E-state index in [0.717, 1.165) is 24.3 Å². The molecular formula is C17H24N6O2. The molecule has 1 fully saturated rings. The van der Waals surface area contributed by atoms with Crippen LogP contribution in [-0.2, 0) is 4.74 Å². The molecule has 0 aromatic carbocycles. The Hall–Kier alpha value is -2.64. The molecule has 0 spiro atoms. The third-order valence-electron chi connectivity index (χ3n) is 3.93. The molecule has 3 rings (SSSR count). The van der Waals surface area contributed by atoms with Crippen molar-refractivity contribution in [1.82, 2.24) is 24.6 Å². The topological polar surface area (TPSA) is 85.2 Å². The Kier molecular flexibility index (Phi) is 4.87. The third kappa shape index (κ3) is 4.46. The van der Waals surface area contributed by atoms with Crippen LogP contribution in [0.1, 0.15) is 33.6 Å². The monoisotopic (exact) mass is 344 g/mol. The van der Waals surface area contributed by atoms with E-state index in [4.69, 9.17) is 4.74 Å². The van der Waals surface area contributed by atoms with Crippen LogP contribution in [0.3, 0.4) is 0 Å². The molecule has 0 aliphatic carbocycles. The molecule has 1 aliphatic heterocycles. The number of carbonyl (C=O) groups is 1. The molecule has 0 unspecified atom stereocenters. The minimum atomic E-state index is -0.464. The van der Waals surface area contributed by atoms with E-state index >= 15 is 0 Å². The molecule has 1 aliphatic rings. The van der Waals surface area contributed by atoms with Crippen molar-refractivity contribution in [2.45, 2.75) is 45.3 Å². The number of hydrogen-bond acceptors (Lipinski definition) is 6. The average Bonchev–Trinajstić information content (AvgIpc) is 3.09. The number of pyridine rings is 1. The number of anilines is 1. The molecule has 134 valence electrons. The molecule has 0 atom stereocenters. The average molecular weight is 344 g/mol. The second-order valence-electron chi connectivity index (χ2n) is 7.10. The van der Waals surface area contributed by atoms with Crippen LogP contribution in [0, 0.1) is 0 Å². The molecule has 8 heteroatoms. The van der Waals surface area contributed by atoms with Crippen LogP contribution in [0.25, 0.3) is 5.82 Å². The summed E-state index contributed by atoms with van der Waals surface area (Å²) >= 11 is 0. The van der Waals surface area contributed by atoms with Crippen LogP contribution >= 0.6 is 0 Å². The molecule has 0 bridgehead atoms. The van der Waals surface area contributed by atoms with Gasteiger partial charge in [-0.1, -0.05) is 0 Å². The lowest BCUT2D eigenvalue weighted by Crippen LogP contribution is -2.44. The lowest BCUT2D eigenvalue weighted by Gasteiger charge is -2.34. The van der Waals surface area contributed by atoms with Gasteiger partial charge in [-0.05, 0) is 45.7 Å². The van der Waals surface area contributed by atoms with Crippen molar-refractivity contribution in [3.05, 3.63) is 31.0 Å². The number of hydrogen-bond donors (Lipinski definition) is 1. The Morgan fingerprint density at radius 1 is 1.32 bits per heavy atom. The van der Waals surface area contributed by atoms with Gasteiger partial charge in [0.25, 0.3) is 0 Å². The molecule has 8 nitrogen and oxygen atoms in total. The zero-order valence-electron chi connectivity index (χ0n) is 14.8. The number of amides is 1. The molecular weight excluding hydrogens is 320 g/mol. The van der Waals surface area contributed by atoms with Crippen LogP contribution in [0.15, 0.2) is 31.0 Å². The Balaban J connectivity index is 1.59. The summed E-state index contributed by atoms with van der Waals surface area (Å²) in [6.07, 6.45) is 6.30. The van der Waals surface area contributed by atoms with Crippen LogP contribution in [0.4, 0.5) is 10.5 Å². The SMILES string of the molecule is CC(C)(C)OC(=O)N1CCC(Nc2cccnc2-n2cncn2)CC1. The minimum absolute atomic E-state index is 0.240.